The zero-order valence-electron chi connectivity index (χ0n) is 15.3. The molecule has 2 heterocycles. The van der Waals surface area contributed by atoms with Crippen LogP contribution in [0.15, 0.2) is 36.9 Å². The van der Waals surface area contributed by atoms with Crippen LogP contribution in [0, 0.1) is 11.7 Å². The number of hydrogen-bond donors (Lipinski definition) is 0. The van der Waals surface area contributed by atoms with Crippen molar-refractivity contribution in [2.24, 2.45) is 5.92 Å². The molecule has 3 rings (SSSR count). The lowest BCUT2D eigenvalue weighted by Crippen LogP contribution is -2.54. The van der Waals surface area contributed by atoms with Gasteiger partial charge in [-0.2, -0.15) is 0 Å². The Hall–Kier alpha value is -2.70. The number of piperidine rings is 1. The number of piperazine rings is 1. The minimum Gasteiger partial charge on any atom is -0.339 e. The number of carbonyl (C=O) groups is 3. The van der Waals surface area contributed by atoms with Gasteiger partial charge in [-0.3, -0.25) is 14.4 Å². The summed E-state index contributed by atoms with van der Waals surface area (Å²) < 4.78 is 13.8. The Balaban J connectivity index is 1.56. The first-order valence-corrected chi connectivity index (χ1v) is 9.25. The van der Waals surface area contributed by atoms with Gasteiger partial charge in [0.1, 0.15) is 5.82 Å². The summed E-state index contributed by atoms with van der Waals surface area (Å²) in [5.74, 6) is -1.21. The number of benzene rings is 1. The maximum absolute atomic E-state index is 13.8. The van der Waals surface area contributed by atoms with Crippen LogP contribution in [0.25, 0.3) is 0 Å². The fourth-order valence-corrected chi connectivity index (χ4v) is 3.70. The molecule has 27 heavy (non-hydrogen) atoms. The maximum Gasteiger partial charge on any atom is 0.256 e. The molecule has 0 aromatic heterocycles. The molecule has 1 aromatic rings. The summed E-state index contributed by atoms with van der Waals surface area (Å²) in [5.41, 5.74) is 0.0585. The summed E-state index contributed by atoms with van der Waals surface area (Å²) in [5, 5.41) is 0. The van der Waals surface area contributed by atoms with Crippen molar-refractivity contribution < 1.29 is 18.8 Å². The predicted octanol–water partition coefficient (Wildman–Crippen LogP) is 1.53. The van der Waals surface area contributed by atoms with Gasteiger partial charge in [-0.05, 0) is 31.1 Å². The van der Waals surface area contributed by atoms with Crippen LogP contribution in [-0.2, 0) is 9.59 Å². The van der Waals surface area contributed by atoms with Crippen molar-refractivity contribution in [1.82, 2.24) is 14.7 Å². The molecule has 0 bridgehead atoms. The summed E-state index contributed by atoms with van der Waals surface area (Å²) in [7, 11) is 0. The van der Waals surface area contributed by atoms with Gasteiger partial charge in [0.05, 0.1) is 11.5 Å². The van der Waals surface area contributed by atoms with Crippen LogP contribution in [0.3, 0.4) is 0 Å². The molecule has 2 aliphatic rings. The van der Waals surface area contributed by atoms with Crippen LogP contribution in [0.5, 0.6) is 0 Å². The van der Waals surface area contributed by atoms with Gasteiger partial charge < -0.3 is 14.7 Å². The highest BCUT2D eigenvalue weighted by Crippen LogP contribution is 2.20. The van der Waals surface area contributed by atoms with E-state index in [1.165, 1.54) is 18.2 Å². The number of nitrogens with zero attached hydrogens (tertiary/aromatic N) is 3. The average molecular weight is 373 g/mol. The number of carbonyl (C=O) groups excluding carboxylic acids is 3. The molecule has 0 saturated carbocycles. The lowest BCUT2D eigenvalue weighted by atomic mass is 9.96. The number of halogens is 1. The maximum atomic E-state index is 13.8. The molecule has 144 valence electrons. The molecule has 3 amide bonds. The lowest BCUT2D eigenvalue weighted by Gasteiger charge is -2.38. The zero-order valence-corrected chi connectivity index (χ0v) is 15.3. The molecule has 7 heteroatoms. The van der Waals surface area contributed by atoms with E-state index in [0.29, 0.717) is 39.3 Å². The van der Waals surface area contributed by atoms with Crippen molar-refractivity contribution in [2.75, 3.05) is 39.3 Å². The van der Waals surface area contributed by atoms with Crippen molar-refractivity contribution in [3.05, 3.63) is 48.3 Å². The smallest absolute Gasteiger partial charge is 0.256 e. The van der Waals surface area contributed by atoms with Gasteiger partial charge in [-0.15, -0.1) is 0 Å². The molecule has 0 N–H and O–H groups in total. The quantitative estimate of drug-likeness (QED) is 0.755. The van der Waals surface area contributed by atoms with E-state index in [-0.39, 0.29) is 29.2 Å². The first-order valence-electron chi connectivity index (χ1n) is 9.25. The van der Waals surface area contributed by atoms with Gasteiger partial charge in [-0.1, -0.05) is 18.7 Å². The Morgan fingerprint density at radius 1 is 1.00 bits per heavy atom. The van der Waals surface area contributed by atoms with E-state index in [2.05, 4.69) is 6.58 Å². The van der Waals surface area contributed by atoms with Gasteiger partial charge >= 0.3 is 0 Å². The van der Waals surface area contributed by atoms with Crippen LogP contribution in [-0.4, -0.2) is 71.7 Å². The van der Waals surface area contributed by atoms with Gasteiger partial charge in [0.2, 0.25) is 11.8 Å². The SMILES string of the molecule is C=CC(=O)N1CCCC(C(=O)N2CCN(C(=O)c3ccccc3F)CC2)C1. The van der Waals surface area contributed by atoms with E-state index >= 15 is 0 Å². The normalized spacial score (nSPS) is 20.3. The molecule has 1 atom stereocenters. The number of likely N-dealkylation sites (tertiary alicyclic amines) is 1. The molecular formula is C20H24FN3O3. The van der Waals surface area contributed by atoms with Crippen LogP contribution in [0.4, 0.5) is 4.39 Å². The summed E-state index contributed by atoms with van der Waals surface area (Å²) in [4.78, 5) is 42.1. The zero-order chi connectivity index (χ0) is 19.4. The number of rotatable bonds is 3. The van der Waals surface area contributed by atoms with E-state index in [1.807, 2.05) is 0 Å². The third kappa shape index (κ3) is 4.18. The molecule has 1 aromatic carbocycles. The van der Waals surface area contributed by atoms with Gasteiger partial charge in [-0.25, -0.2) is 4.39 Å². The largest absolute Gasteiger partial charge is 0.339 e. The Kier molecular flexibility index (Phi) is 5.88. The topological polar surface area (TPSA) is 60.9 Å². The first-order chi connectivity index (χ1) is 13.0. The van der Waals surface area contributed by atoms with Crippen LogP contribution < -0.4 is 0 Å². The average Bonchev–Trinajstić information content (AvgIpc) is 2.72. The van der Waals surface area contributed by atoms with E-state index in [4.69, 9.17) is 0 Å². The summed E-state index contributed by atoms with van der Waals surface area (Å²) in [6.07, 6.45) is 2.83. The van der Waals surface area contributed by atoms with Crippen LogP contribution >= 0.6 is 0 Å². The van der Waals surface area contributed by atoms with Crippen LogP contribution in [0.2, 0.25) is 0 Å². The fourth-order valence-electron chi connectivity index (χ4n) is 3.70. The second-order valence-corrected chi connectivity index (χ2v) is 6.92. The molecule has 2 aliphatic heterocycles. The van der Waals surface area contributed by atoms with E-state index in [0.717, 1.165) is 12.8 Å². The minimum atomic E-state index is -0.532. The van der Waals surface area contributed by atoms with Crippen molar-refractivity contribution in [3.63, 3.8) is 0 Å². The second kappa shape index (κ2) is 8.33. The molecule has 1 unspecified atom stereocenters. The molecule has 2 saturated heterocycles. The summed E-state index contributed by atoms with van der Waals surface area (Å²) in [6, 6.07) is 5.93. The van der Waals surface area contributed by atoms with E-state index in [9.17, 15) is 18.8 Å². The van der Waals surface area contributed by atoms with Gasteiger partial charge in [0.25, 0.3) is 5.91 Å². The Morgan fingerprint density at radius 2 is 1.67 bits per heavy atom. The van der Waals surface area contributed by atoms with E-state index < -0.39 is 5.82 Å². The third-order valence-electron chi connectivity index (χ3n) is 5.24. The summed E-state index contributed by atoms with van der Waals surface area (Å²) >= 11 is 0. The lowest BCUT2D eigenvalue weighted by molar-refractivity contribution is -0.140. The number of amides is 3. The monoisotopic (exact) mass is 373 g/mol. The molecule has 0 spiro atoms. The number of hydrogen-bond acceptors (Lipinski definition) is 3. The van der Waals surface area contributed by atoms with Crippen molar-refractivity contribution in [3.8, 4) is 0 Å². The minimum absolute atomic E-state index is 0.0227. The Morgan fingerprint density at radius 3 is 2.33 bits per heavy atom. The van der Waals surface area contributed by atoms with Gasteiger partial charge in [0, 0.05) is 39.3 Å². The molecule has 0 radical (unpaired) electrons. The third-order valence-corrected chi connectivity index (χ3v) is 5.24. The standard InChI is InChI=1S/C20H24FN3O3/c1-2-18(25)24-9-5-6-15(14-24)19(26)22-10-12-23(13-11-22)20(27)16-7-3-4-8-17(16)21/h2-4,7-8,15H,1,5-6,9-14H2. The second-order valence-electron chi connectivity index (χ2n) is 6.92. The fraction of sp³-hybridized carbons (Fsp3) is 0.450. The van der Waals surface area contributed by atoms with E-state index in [1.54, 1.807) is 26.8 Å². The van der Waals surface area contributed by atoms with Crippen molar-refractivity contribution in [1.29, 1.82) is 0 Å². The highest BCUT2D eigenvalue weighted by Gasteiger charge is 2.33. The highest BCUT2D eigenvalue weighted by atomic mass is 19.1. The molecule has 2 fully saturated rings. The predicted molar refractivity (Wildman–Crippen MR) is 98.4 cm³/mol. The Labute approximate surface area is 158 Å². The molecule has 0 aliphatic carbocycles. The molecule has 6 nitrogen and oxygen atoms in total. The summed E-state index contributed by atoms with van der Waals surface area (Å²) in [6.45, 7) is 6.16. The first kappa shape index (κ1) is 19.1. The van der Waals surface area contributed by atoms with Crippen molar-refractivity contribution >= 4 is 17.7 Å². The highest BCUT2D eigenvalue weighted by molar-refractivity contribution is 5.94. The Bertz CT molecular complexity index is 744. The van der Waals surface area contributed by atoms with Crippen LogP contribution in [0.1, 0.15) is 23.2 Å². The van der Waals surface area contributed by atoms with Gasteiger partial charge in [0.15, 0.2) is 0 Å². The van der Waals surface area contributed by atoms with Crippen molar-refractivity contribution in [2.45, 2.75) is 12.8 Å². The molecular weight excluding hydrogens is 349 g/mol.